The molecule has 4 heteroatoms. The van der Waals surface area contributed by atoms with Crippen molar-refractivity contribution in [2.24, 2.45) is 0 Å². The van der Waals surface area contributed by atoms with Gasteiger partial charge in [0.2, 0.25) is 0 Å². The second-order valence-electron chi connectivity index (χ2n) is 2.79. The van der Waals surface area contributed by atoms with Gasteiger partial charge in [-0.05, 0) is 13.8 Å². The third-order valence-electron chi connectivity index (χ3n) is 1.74. The van der Waals surface area contributed by atoms with Gasteiger partial charge in [0.25, 0.3) is 0 Å². The summed E-state index contributed by atoms with van der Waals surface area (Å²) in [6.45, 7) is 4.92. The summed E-state index contributed by atoms with van der Waals surface area (Å²) < 4.78 is 10.6. The van der Waals surface area contributed by atoms with E-state index in [1.807, 2.05) is 13.8 Å². The topological polar surface area (TPSA) is 70.5 Å². The fourth-order valence-electron chi connectivity index (χ4n) is 1.15. The van der Waals surface area contributed by atoms with Crippen LogP contribution >= 0.6 is 0 Å². The molecule has 1 aromatic rings. The van der Waals surface area contributed by atoms with Crippen LogP contribution in [-0.2, 0) is 0 Å². The molecule has 0 aliphatic rings. The van der Waals surface area contributed by atoms with Crippen molar-refractivity contribution in [3.63, 3.8) is 0 Å². The molecule has 4 nitrogen and oxygen atoms in total. The van der Waals surface area contributed by atoms with Crippen molar-refractivity contribution >= 4 is 11.4 Å². The number of anilines is 2. The zero-order valence-corrected chi connectivity index (χ0v) is 8.54. The highest BCUT2D eigenvalue weighted by molar-refractivity contribution is 5.67. The maximum atomic E-state index is 5.75. The minimum Gasteiger partial charge on any atom is -0.492 e. The summed E-state index contributed by atoms with van der Waals surface area (Å²) in [6, 6.07) is 3.37. The molecule has 0 heterocycles. The molecule has 0 unspecified atom stereocenters. The van der Waals surface area contributed by atoms with Gasteiger partial charge in [0, 0.05) is 12.1 Å². The minimum atomic E-state index is 0.546. The summed E-state index contributed by atoms with van der Waals surface area (Å²) in [4.78, 5) is 0. The van der Waals surface area contributed by atoms with Crippen LogP contribution in [0.5, 0.6) is 11.5 Å². The first kappa shape index (κ1) is 10.5. The van der Waals surface area contributed by atoms with Crippen LogP contribution in [0.3, 0.4) is 0 Å². The summed E-state index contributed by atoms with van der Waals surface area (Å²) in [5.41, 5.74) is 12.6. The van der Waals surface area contributed by atoms with Crippen molar-refractivity contribution in [3.05, 3.63) is 12.1 Å². The number of rotatable bonds is 4. The molecule has 0 radical (unpaired) electrons. The van der Waals surface area contributed by atoms with Crippen LogP contribution < -0.4 is 20.9 Å². The Kier molecular flexibility index (Phi) is 3.45. The third-order valence-corrected chi connectivity index (χ3v) is 1.74. The minimum absolute atomic E-state index is 0.546. The van der Waals surface area contributed by atoms with Crippen LogP contribution in [0.4, 0.5) is 11.4 Å². The number of benzene rings is 1. The maximum absolute atomic E-state index is 5.75. The largest absolute Gasteiger partial charge is 0.492 e. The Morgan fingerprint density at radius 1 is 0.929 bits per heavy atom. The summed E-state index contributed by atoms with van der Waals surface area (Å²) >= 11 is 0. The van der Waals surface area contributed by atoms with Gasteiger partial charge in [0.15, 0.2) is 0 Å². The lowest BCUT2D eigenvalue weighted by molar-refractivity contribution is 0.333. The molecule has 0 bridgehead atoms. The molecule has 0 saturated carbocycles. The van der Waals surface area contributed by atoms with E-state index in [0.29, 0.717) is 36.1 Å². The fourth-order valence-corrected chi connectivity index (χ4v) is 1.15. The highest BCUT2D eigenvalue weighted by Crippen LogP contribution is 2.32. The van der Waals surface area contributed by atoms with Crippen molar-refractivity contribution < 1.29 is 9.47 Å². The zero-order valence-electron chi connectivity index (χ0n) is 8.54. The van der Waals surface area contributed by atoms with Gasteiger partial charge in [-0.3, -0.25) is 0 Å². The van der Waals surface area contributed by atoms with Crippen molar-refractivity contribution in [1.29, 1.82) is 0 Å². The van der Waals surface area contributed by atoms with Gasteiger partial charge in [0.05, 0.1) is 24.6 Å². The molecular formula is C10H16N2O2. The van der Waals surface area contributed by atoms with Gasteiger partial charge < -0.3 is 20.9 Å². The Bertz CT molecular complexity index is 281. The smallest absolute Gasteiger partial charge is 0.144 e. The SMILES string of the molecule is CCOc1cc(N)c(OCC)cc1N. The molecule has 14 heavy (non-hydrogen) atoms. The molecule has 0 saturated heterocycles. The van der Waals surface area contributed by atoms with E-state index < -0.39 is 0 Å². The Hall–Kier alpha value is -1.58. The van der Waals surface area contributed by atoms with Crippen LogP contribution in [0.25, 0.3) is 0 Å². The Morgan fingerprint density at radius 3 is 1.57 bits per heavy atom. The molecule has 4 N–H and O–H groups in total. The summed E-state index contributed by atoms with van der Waals surface area (Å²) in [7, 11) is 0. The van der Waals surface area contributed by atoms with E-state index in [-0.39, 0.29) is 0 Å². The molecule has 1 aromatic carbocycles. The number of nitrogen functional groups attached to an aromatic ring is 2. The normalized spacial score (nSPS) is 9.86. The fraction of sp³-hybridized carbons (Fsp3) is 0.400. The van der Waals surface area contributed by atoms with Gasteiger partial charge in [-0.2, -0.15) is 0 Å². The molecule has 0 spiro atoms. The third kappa shape index (κ3) is 2.22. The van der Waals surface area contributed by atoms with Crippen LogP contribution in [-0.4, -0.2) is 13.2 Å². The van der Waals surface area contributed by atoms with Gasteiger partial charge in [-0.25, -0.2) is 0 Å². The Morgan fingerprint density at radius 2 is 1.29 bits per heavy atom. The highest BCUT2D eigenvalue weighted by Gasteiger charge is 2.06. The molecule has 0 atom stereocenters. The molecule has 0 aromatic heterocycles. The average Bonchev–Trinajstić information content (AvgIpc) is 2.14. The van der Waals surface area contributed by atoms with Crippen LogP contribution in [0, 0.1) is 0 Å². The van der Waals surface area contributed by atoms with Gasteiger partial charge >= 0.3 is 0 Å². The first-order valence-corrected chi connectivity index (χ1v) is 4.63. The van der Waals surface area contributed by atoms with E-state index in [2.05, 4.69) is 0 Å². The van der Waals surface area contributed by atoms with Crippen molar-refractivity contribution in [2.75, 3.05) is 24.7 Å². The molecule has 0 amide bonds. The van der Waals surface area contributed by atoms with Crippen molar-refractivity contribution in [1.82, 2.24) is 0 Å². The molecule has 1 rings (SSSR count). The van der Waals surface area contributed by atoms with Crippen LogP contribution in [0.2, 0.25) is 0 Å². The van der Waals surface area contributed by atoms with E-state index in [4.69, 9.17) is 20.9 Å². The Labute approximate surface area is 83.8 Å². The first-order chi connectivity index (χ1) is 6.69. The molecule has 0 aliphatic heterocycles. The zero-order chi connectivity index (χ0) is 10.6. The van der Waals surface area contributed by atoms with Crippen LogP contribution in [0.1, 0.15) is 13.8 Å². The van der Waals surface area contributed by atoms with Crippen molar-refractivity contribution in [2.45, 2.75) is 13.8 Å². The Balaban J connectivity index is 2.97. The average molecular weight is 196 g/mol. The number of ether oxygens (including phenoxy) is 2. The second-order valence-corrected chi connectivity index (χ2v) is 2.79. The summed E-state index contributed by atoms with van der Waals surface area (Å²) in [6.07, 6.45) is 0. The molecular weight excluding hydrogens is 180 g/mol. The van der Waals surface area contributed by atoms with E-state index in [1.165, 1.54) is 0 Å². The van der Waals surface area contributed by atoms with Gasteiger partial charge in [-0.15, -0.1) is 0 Å². The van der Waals surface area contributed by atoms with Crippen molar-refractivity contribution in [3.8, 4) is 11.5 Å². The van der Waals surface area contributed by atoms with E-state index >= 15 is 0 Å². The molecule has 0 aliphatic carbocycles. The summed E-state index contributed by atoms with van der Waals surface area (Å²) in [5, 5.41) is 0. The van der Waals surface area contributed by atoms with E-state index in [0.717, 1.165) is 0 Å². The predicted octanol–water partition coefficient (Wildman–Crippen LogP) is 1.65. The second kappa shape index (κ2) is 4.60. The van der Waals surface area contributed by atoms with Gasteiger partial charge in [-0.1, -0.05) is 0 Å². The van der Waals surface area contributed by atoms with Gasteiger partial charge in [0.1, 0.15) is 11.5 Å². The number of hydrogen-bond acceptors (Lipinski definition) is 4. The lowest BCUT2D eigenvalue weighted by Crippen LogP contribution is -2.02. The lowest BCUT2D eigenvalue weighted by atomic mass is 10.2. The van der Waals surface area contributed by atoms with E-state index in [1.54, 1.807) is 12.1 Å². The predicted molar refractivity (Wildman–Crippen MR) is 57.6 cm³/mol. The highest BCUT2D eigenvalue weighted by atomic mass is 16.5. The molecule has 78 valence electrons. The first-order valence-electron chi connectivity index (χ1n) is 4.63. The molecule has 0 fully saturated rings. The van der Waals surface area contributed by atoms with E-state index in [9.17, 15) is 0 Å². The van der Waals surface area contributed by atoms with Crippen LogP contribution in [0.15, 0.2) is 12.1 Å². The number of hydrogen-bond donors (Lipinski definition) is 2. The number of nitrogens with two attached hydrogens (primary N) is 2. The monoisotopic (exact) mass is 196 g/mol. The standard InChI is InChI=1S/C10H16N2O2/c1-3-13-9-5-8(12)10(14-4-2)6-7(9)11/h5-6H,3-4,11-12H2,1-2H3. The lowest BCUT2D eigenvalue weighted by Gasteiger charge is -2.11. The summed E-state index contributed by atoms with van der Waals surface area (Å²) in [5.74, 6) is 1.21. The maximum Gasteiger partial charge on any atom is 0.144 e. The quantitative estimate of drug-likeness (QED) is 0.718.